The van der Waals surface area contributed by atoms with Crippen LogP contribution in [0.5, 0.6) is 0 Å². The third kappa shape index (κ3) is 3.63. The molecule has 1 N–H and O–H groups in total. The second-order valence-electron chi connectivity index (χ2n) is 10.4. The summed E-state index contributed by atoms with van der Waals surface area (Å²) in [6.45, 7) is 5.51. The third-order valence-corrected chi connectivity index (χ3v) is 8.31. The summed E-state index contributed by atoms with van der Waals surface area (Å²) in [6.07, 6.45) is -0.921. The van der Waals surface area contributed by atoms with Crippen LogP contribution >= 0.6 is 0 Å². The van der Waals surface area contributed by atoms with Gasteiger partial charge in [-0.25, -0.2) is 9.98 Å². The van der Waals surface area contributed by atoms with E-state index in [1.165, 1.54) is 0 Å². The Morgan fingerprint density at radius 3 is 2.53 bits per heavy atom. The number of H-pyrrole nitrogens is 1. The van der Waals surface area contributed by atoms with Crippen LogP contribution in [0.4, 0.5) is 13.2 Å². The van der Waals surface area contributed by atoms with E-state index in [4.69, 9.17) is 24.7 Å². The van der Waals surface area contributed by atoms with Gasteiger partial charge in [-0.3, -0.25) is 14.8 Å². The van der Waals surface area contributed by atoms with Crippen LogP contribution in [-0.2, 0) is 11.8 Å². The summed E-state index contributed by atoms with van der Waals surface area (Å²) in [5, 5.41) is 3.20. The Hall–Kier alpha value is -2.43. The first-order valence-corrected chi connectivity index (χ1v) is 12.1. The van der Waals surface area contributed by atoms with E-state index in [0.29, 0.717) is 44.3 Å². The predicted octanol–water partition coefficient (Wildman–Crippen LogP) is 3.39. The van der Waals surface area contributed by atoms with E-state index in [2.05, 4.69) is 10.00 Å². The van der Waals surface area contributed by atoms with Crippen molar-refractivity contribution in [2.45, 2.75) is 57.5 Å². The molecule has 5 atom stereocenters. The second kappa shape index (κ2) is 7.79. The molecule has 1 aromatic heterocycles. The molecule has 2 bridgehead atoms. The highest BCUT2D eigenvalue weighted by atomic mass is 19.4. The number of aliphatic imine (C=N–C) groups is 4. The number of nitrogens with zero attached hydrogens (tertiary/aromatic N) is 6. The Bertz CT molecular complexity index is 1080. The Morgan fingerprint density at radius 1 is 1.06 bits per heavy atom. The van der Waals surface area contributed by atoms with Crippen molar-refractivity contribution in [3.05, 3.63) is 11.9 Å². The fraction of sp³-hybridized carbons (Fsp3) is 0.739. The lowest BCUT2D eigenvalue weighted by Gasteiger charge is -2.54. The number of morpholine rings is 1. The Kier molecular flexibility index (Phi) is 5.06. The summed E-state index contributed by atoms with van der Waals surface area (Å²) in [6, 6.07) is -0.788. The topological polar surface area (TPSA) is 82.6 Å². The Morgan fingerprint density at radius 2 is 1.82 bits per heavy atom. The maximum atomic E-state index is 13.8. The standard InChI is InChI=1S/C23H30F3N7O/c1-11-12(2)28-21-20(27-11)19(15-8-16(23(24,25)26)14-6-13(15)7-14)29-22(30-21)33-4-5-34-18(10-33)17-9-32(3)31-17/h9,13-16,18-20,31H,4-8,10H2,1-3H3/t13?,14?,15-,16?,18-,19?,20?/m1/s1. The Balaban J connectivity index is 1.32. The highest BCUT2D eigenvalue weighted by Gasteiger charge is 2.58. The van der Waals surface area contributed by atoms with Crippen molar-refractivity contribution in [2.75, 3.05) is 19.7 Å². The van der Waals surface area contributed by atoms with Crippen LogP contribution in [0.2, 0.25) is 0 Å². The summed E-state index contributed by atoms with van der Waals surface area (Å²) in [5.41, 5.74) is 2.60. The Labute approximate surface area is 196 Å². The lowest BCUT2D eigenvalue weighted by Crippen LogP contribution is -2.55. The first-order valence-electron chi connectivity index (χ1n) is 12.1. The molecule has 1 aromatic rings. The molecule has 4 fully saturated rings. The van der Waals surface area contributed by atoms with E-state index >= 15 is 0 Å². The number of hydrogen-bond acceptors (Lipinski definition) is 6. The molecule has 3 saturated carbocycles. The monoisotopic (exact) mass is 477 g/mol. The van der Waals surface area contributed by atoms with E-state index < -0.39 is 18.1 Å². The van der Waals surface area contributed by atoms with Crippen molar-refractivity contribution in [1.29, 1.82) is 0 Å². The minimum Gasteiger partial charge on any atom is -0.368 e. The molecule has 34 heavy (non-hydrogen) atoms. The van der Waals surface area contributed by atoms with Gasteiger partial charge in [-0.05, 0) is 50.9 Å². The number of fused-ring (bicyclic) bond motifs is 3. The van der Waals surface area contributed by atoms with Gasteiger partial charge in [0.25, 0.3) is 0 Å². The fourth-order valence-electron chi connectivity index (χ4n) is 6.28. The molecule has 184 valence electrons. The summed E-state index contributed by atoms with van der Waals surface area (Å²) in [4.78, 5) is 21.4. The lowest BCUT2D eigenvalue weighted by molar-refractivity contribution is -0.227. The number of rotatable bonds is 2. The van der Waals surface area contributed by atoms with Crippen LogP contribution in [0.25, 0.3) is 0 Å². The number of hydrogen-bond donors (Lipinski definition) is 1. The first kappa shape index (κ1) is 22.1. The van der Waals surface area contributed by atoms with Gasteiger partial charge in [-0.1, -0.05) is 0 Å². The molecule has 0 spiro atoms. The van der Waals surface area contributed by atoms with Gasteiger partial charge in [-0.15, -0.1) is 0 Å². The zero-order chi connectivity index (χ0) is 23.8. The molecule has 3 unspecified atom stereocenters. The van der Waals surface area contributed by atoms with Crippen LogP contribution in [0.1, 0.15) is 44.9 Å². The number of halogens is 3. The van der Waals surface area contributed by atoms with Crippen molar-refractivity contribution in [3.63, 3.8) is 0 Å². The smallest absolute Gasteiger partial charge is 0.368 e. The number of aromatic nitrogens is 2. The second-order valence-corrected chi connectivity index (χ2v) is 10.4. The average molecular weight is 478 g/mol. The van der Waals surface area contributed by atoms with Gasteiger partial charge in [0, 0.05) is 19.8 Å². The minimum absolute atomic E-state index is 0.121. The van der Waals surface area contributed by atoms with Gasteiger partial charge in [0.15, 0.2) is 5.84 Å². The van der Waals surface area contributed by atoms with Gasteiger partial charge in [0.05, 0.1) is 42.2 Å². The summed E-state index contributed by atoms with van der Waals surface area (Å²) in [5.74, 6) is -0.268. The molecule has 3 aliphatic heterocycles. The van der Waals surface area contributed by atoms with Crippen molar-refractivity contribution < 1.29 is 17.9 Å². The maximum Gasteiger partial charge on any atom is 0.392 e. The summed E-state index contributed by atoms with van der Waals surface area (Å²) >= 11 is 0. The van der Waals surface area contributed by atoms with Crippen LogP contribution < -0.4 is 0 Å². The average Bonchev–Trinajstić information content (AvgIpc) is 2.75. The van der Waals surface area contributed by atoms with Gasteiger partial charge in [-0.2, -0.15) is 18.2 Å². The van der Waals surface area contributed by atoms with Crippen molar-refractivity contribution in [1.82, 2.24) is 14.7 Å². The van der Waals surface area contributed by atoms with Gasteiger partial charge in [0.1, 0.15) is 12.1 Å². The van der Waals surface area contributed by atoms with Crippen LogP contribution in [0.3, 0.4) is 0 Å². The maximum absolute atomic E-state index is 13.8. The fourth-order valence-corrected chi connectivity index (χ4v) is 6.28. The number of alkyl halides is 3. The predicted molar refractivity (Wildman–Crippen MR) is 123 cm³/mol. The number of amidine groups is 1. The zero-order valence-electron chi connectivity index (χ0n) is 19.6. The molecule has 0 aromatic carbocycles. The molecule has 3 aliphatic carbocycles. The van der Waals surface area contributed by atoms with Crippen LogP contribution in [0, 0.1) is 23.7 Å². The van der Waals surface area contributed by atoms with E-state index in [-0.39, 0.29) is 36.3 Å². The molecular formula is C23H30F3N7O. The summed E-state index contributed by atoms with van der Waals surface area (Å²) < 4.78 is 49.2. The quantitative estimate of drug-likeness (QED) is 0.708. The van der Waals surface area contributed by atoms with Crippen molar-refractivity contribution >= 4 is 23.2 Å². The van der Waals surface area contributed by atoms with Gasteiger partial charge < -0.3 is 9.64 Å². The van der Waals surface area contributed by atoms with E-state index in [9.17, 15) is 13.2 Å². The third-order valence-electron chi connectivity index (χ3n) is 8.31. The lowest BCUT2D eigenvalue weighted by atomic mass is 9.53. The molecule has 6 aliphatic rings. The van der Waals surface area contributed by atoms with E-state index in [1.54, 1.807) is 0 Å². The molecule has 7 rings (SSSR count). The van der Waals surface area contributed by atoms with Crippen LogP contribution in [0.15, 0.2) is 26.2 Å². The summed E-state index contributed by atoms with van der Waals surface area (Å²) in [7, 11) is 1.92. The molecule has 4 heterocycles. The number of ether oxygens (including phenoxy) is 1. The molecule has 1 saturated heterocycles. The molecule has 11 heteroatoms. The highest BCUT2D eigenvalue weighted by Crippen LogP contribution is 2.58. The minimum atomic E-state index is -4.17. The molecular weight excluding hydrogens is 447 g/mol. The van der Waals surface area contributed by atoms with E-state index in [0.717, 1.165) is 17.1 Å². The molecule has 8 nitrogen and oxygen atoms in total. The van der Waals surface area contributed by atoms with Gasteiger partial charge in [0.2, 0.25) is 5.96 Å². The zero-order valence-corrected chi connectivity index (χ0v) is 19.6. The number of guanidine groups is 1. The number of aromatic amines is 1. The highest BCUT2D eigenvalue weighted by molar-refractivity contribution is 6.43. The van der Waals surface area contributed by atoms with Gasteiger partial charge >= 0.3 is 6.18 Å². The number of nitrogens with one attached hydrogen (secondary N) is 1. The van der Waals surface area contributed by atoms with Crippen molar-refractivity contribution in [3.8, 4) is 0 Å². The SMILES string of the molecule is CC1=NC2=NC(N3CCO[C@@H](c4cn(C)[nH]4)C3)=NC([C@@H]3CC(C(F)(F)F)C4CC3C4)C2N=C1C. The van der Waals surface area contributed by atoms with E-state index in [1.807, 2.05) is 31.8 Å². The molecule has 0 amide bonds. The molecule has 0 radical (unpaired) electrons. The first-order chi connectivity index (χ1) is 16.2. The van der Waals surface area contributed by atoms with Crippen LogP contribution in [-0.4, -0.2) is 75.9 Å². The largest absolute Gasteiger partial charge is 0.392 e. The normalized spacial score (nSPS) is 37.8. The van der Waals surface area contributed by atoms with Crippen molar-refractivity contribution in [2.24, 2.45) is 50.7 Å². The number of aryl methyl sites for hydroxylation is 1.